The van der Waals surface area contributed by atoms with Crippen LogP contribution in [-0.4, -0.2) is 39.5 Å². The average molecular weight is 452 g/mol. The molecule has 4 aromatic rings. The summed E-state index contributed by atoms with van der Waals surface area (Å²) in [5, 5.41) is 11.3. The Labute approximate surface area is 188 Å². The number of carbonyl (C=O) groups excluding carboxylic acids is 2. The highest BCUT2D eigenvalue weighted by Crippen LogP contribution is 2.22. The lowest BCUT2D eigenvalue weighted by Gasteiger charge is -2.14. The molecule has 0 saturated heterocycles. The van der Waals surface area contributed by atoms with Gasteiger partial charge in [0.25, 0.3) is 5.56 Å². The molecule has 4 N–H and O–H groups in total. The fourth-order valence-corrected chi connectivity index (χ4v) is 3.90. The minimum atomic E-state index is -0.683. The van der Waals surface area contributed by atoms with Gasteiger partial charge in [-0.15, -0.1) is 0 Å². The fraction of sp³-hybridized carbons (Fsp3) is 0.217. The van der Waals surface area contributed by atoms with Crippen molar-refractivity contribution in [1.82, 2.24) is 20.1 Å². The van der Waals surface area contributed by atoms with Crippen LogP contribution in [0, 0.1) is 0 Å². The third kappa shape index (κ3) is 4.28. The van der Waals surface area contributed by atoms with Gasteiger partial charge in [0.1, 0.15) is 11.2 Å². The van der Waals surface area contributed by atoms with Crippen LogP contribution in [0.3, 0.4) is 0 Å². The van der Waals surface area contributed by atoms with Crippen molar-refractivity contribution in [2.45, 2.75) is 25.4 Å². The number of hydrogen-bond acceptors (Lipinski definition) is 5. The molecule has 0 spiro atoms. The molecule has 1 unspecified atom stereocenters. The molecule has 1 amide bonds. The van der Waals surface area contributed by atoms with Gasteiger partial charge in [0, 0.05) is 23.5 Å². The summed E-state index contributed by atoms with van der Waals surface area (Å²) in [5.41, 5.74) is 8.01. The number of aldehydes is 1. The number of para-hydroxylation sites is 1. The molecule has 0 bridgehead atoms. The Balaban J connectivity index is 1.44. The minimum absolute atomic E-state index is 0.158. The number of benzene rings is 2. The number of aromatic amines is 1. The number of amides is 1. The molecule has 0 aliphatic carbocycles. The van der Waals surface area contributed by atoms with Gasteiger partial charge in [-0.2, -0.15) is 5.10 Å². The maximum Gasteiger partial charge on any atom is 0.262 e. The highest BCUT2D eigenvalue weighted by Gasteiger charge is 2.17. The smallest absolute Gasteiger partial charge is 0.262 e. The maximum atomic E-state index is 13.1. The van der Waals surface area contributed by atoms with Crippen LogP contribution in [0.5, 0.6) is 0 Å². The first-order valence-corrected chi connectivity index (χ1v) is 10.6. The molecular formula is C23H22ClN5O3. The van der Waals surface area contributed by atoms with Crippen LogP contribution in [0.1, 0.15) is 22.5 Å². The first kappa shape index (κ1) is 21.7. The summed E-state index contributed by atoms with van der Waals surface area (Å²) in [7, 11) is 0. The second kappa shape index (κ2) is 9.33. The summed E-state index contributed by atoms with van der Waals surface area (Å²) in [6, 6.07) is 13.9. The molecular weight excluding hydrogens is 430 g/mol. The van der Waals surface area contributed by atoms with E-state index in [9.17, 15) is 14.4 Å². The standard InChI is InChI=1S/C23H22ClN5O3/c24-15-8-6-14(7-9-15)12-17(25)22(31)26-10-3-11-29-19-5-2-1-4-16(19)21-20(23(29)32)18(13-30)27-28-21/h1-2,4-9,13,17H,3,10-12,25H2,(H,26,31)(H,27,28). The highest BCUT2D eigenvalue weighted by molar-refractivity contribution is 6.30. The minimum Gasteiger partial charge on any atom is -0.355 e. The van der Waals surface area contributed by atoms with Crippen LogP contribution in [0.2, 0.25) is 5.02 Å². The summed E-state index contributed by atoms with van der Waals surface area (Å²) >= 11 is 5.88. The number of halogens is 1. The zero-order valence-electron chi connectivity index (χ0n) is 17.2. The summed E-state index contributed by atoms with van der Waals surface area (Å²) < 4.78 is 1.61. The molecule has 0 fully saturated rings. The molecule has 2 aromatic heterocycles. The van der Waals surface area contributed by atoms with Crippen molar-refractivity contribution in [3.8, 4) is 0 Å². The molecule has 1 atom stereocenters. The fourth-order valence-electron chi connectivity index (χ4n) is 3.77. The predicted octanol–water partition coefficient (Wildman–Crippen LogP) is 2.42. The van der Waals surface area contributed by atoms with Crippen LogP contribution in [0.15, 0.2) is 53.3 Å². The SMILES string of the molecule is NC(Cc1ccc(Cl)cc1)C(=O)NCCCn1c(=O)c2c(C=O)[nH]nc2c2ccccc21. The third-order valence-electron chi connectivity index (χ3n) is 5.38. The molecule has 0 aliphatic heterocycles. The van der Waals surface area contributed by atoms with E-state index >= 15 is 0 Å². The molecule has 0 saturated carbocycles. The Bertz CT molecular complexity index is 1340. The third-order valence-corrected chi connectivity index (χ3v) is 5.64. The zero-order valence-corrected chi connectivity index (χ0v) is 17.9. The monoisotopic (exact) mass is 451 g/mol. The number of nitrogens with two attached hydrogens (primary N) is 1. The van der Waals surface area contributed by atoms with E-state index in [4.69, 9.17) is 17.3 Å². The first-order chi connectivity index (χ1) is 15.5. The van der Waals surface area contributed by atoms with Crippen LogP contribution in [0.25, 0.3) is 21.8 Å². The van der Waals surface area contributed by atoms with Crippen LogP contribution in [0.4, 0.5) is 0 Å². The van der Waals surface area contributed by atoms with Gasteiger partial charge in [0.15, 0.2) is 6.29 Å². The summed E-state index contributed by atoms with van der Waals surface area (Å²) in [6.45, 7) is 0.726. The van der Waals surface area contributed by atoms with E-state index in [2.05, 4.69) is 15.5 Å². The lowest BCUT2D eigenvalue weighted by molar-refractivity contribution is -0.122. The van der Waals surface area contributed by atoms with Gasteiger partial charge in [-0.25, -0.2) is 0 Å². The van der Waals surface area contributed by atoms with Gasteiger partial charge in [0.05, 0.1) is 16.9 Å². The number of nitrogens with one attached hydrogen (secondary N) is 2. The molecule has 2 heterocycles. The van der Waals surface area contributed by atoms with Crippen molar-refractivity contribution in [2.75, 3.05) is 6.54 Å². The van der Waals surface area contributed by atoms with Crippen LogP contribution < -0.4 is 16.6 Å². The Kier molecular flexibility index (Phi) is 6.34. The van der Waals surface area contributed by atoms with Crippen LogP contribution in [-0.2, 0) is 17.8 Å². The van der Waals surface area contributed by atoms with Crippen molar-refractivity contribution in [1.29, 1.82) is 0 Å². The Morgan fingerprint density at radius 1 is 1.22 bits per heavy atom. The second-order valence-electron chi connectivity index (χ2n) is 7.53. The van der Waals surface area contributed by atoms with Crippen molar-refractivity contribution in [3.63, 3.8) is 0 Å². The Morgan fingerprint density at radius 3 is 2.72 bits per heavy atom. The molecule has 4 rings (SSSR count). The number of H-pyrrole nitrogens is 1. The normalized spacial score (nSPS) is 12.2. The topological polar surface area (TPSA) is 123 Å². The van der Waals surface area contributed by atoms with Gasteiger partial charge < -0.3 is 15.6 Å². The van der Waals surface area contributed by atoms with E-state index in [0.29, 0.717) is 42.8 Å². The summed E-state index contributed by atoms with van der Waals surface area (Å²) in [5.74, 6) is -0.259. The second-order valence-corrected chi connectivity index (χ2v) is 7.97. The maximum absolute atomic E-state index is 13.1. The van der Waals surface area contributed by atoms with Gasteiger partial charge in [-0.1, -0.05) is 41.9 Å². The van der Waals surface area contributed by atoms with Crippen molar-refractivity contribution < 1.29 is 9.59 Å². The molecule has 8 nitrogen and oxygen atoms in total. The molecule has 2 aromatic carbocycles. The van der Waals surface area contributed by atoms with Crippen molar-refractivity contribution in [3.05, 3.63) is 75.2 Å². The highest BCUT2D eigenvalue weighted by atomic mass is 35.5. The van der Waals surface area contributed by atoms with E-state index in [1.807, 2.05) is 36.4 Å². The van der Waals surface area contributed by atoms with Crippen molar-refractivity contribution >= 4 is 45.6 Å². The molecule has 9 heteroatoms. The number of fused-ring (bicyclic) bond motifs is 3. The van der Waals surface area contributed by atoms with Gasteiger partial charge in [-0.3, -0.25) is 19.5 Å². The van der Waals surface area contributed by atoms with Gasteiger partial charge >= 0.3 is 0 Å². The van der Waals surface area contributed by atoms with E-state index in [1.165, 1.54) is 0 Å². The predicted molar refractivity (Wildman–Crippen MR) is 124 cm³/mol. The molecule has 32 heavy (non-hydrogen) atoms. The van der Waals surface area contributed by atoms with Gasteiger partial charge in [0.2, 0.25) is 5.91 Å². The number of hydrogen-bond donors (Lipinski definition) is 3. The number of aryl methyl sites for hydroxylation is 1. The number of carbonyl (C=O) groups is 2. The Hall–Kier alpha value is -3.49. The van der Waals surface area contributed by atoms with E-state index < -0.39 is 6.04 Å². The zero-order chi connectivity index (χ0) is 22.7. The van der Waals surface area contributed by atoms with Crippen molar-refractivity contribution in [2.24, 2.45) is 5.73 Å². The quantitative estimate of drug-likeness (QED) is 0.280. The number of nitrogens with zero attached hydrogens (tertiary/aromatic N) is 2. The lowest BCUT2D eigenvalue weighted by Crippen LogP contribution is -2.42. The van der Waals surface area contributed by atoms with E-state index in [1.54, 1.807) is 16.7 Å². The van der Waals surface area contributed by atoms with Gasteiger partial charge in [-0.05, 0) is 36.6 Å². The van der Waals surface area contributed by atoms with E-state index in [-0.39, 0.29) is 22.5 Å². The number of pyridine rings is 1. The molecule has 0 radical (unpaired) electrons. The number of aromatic nitrogens is 3. The average Bonchev–Trinajstić information content (AvgIpc) is 3.24. The largest absolute Gasteiger partial charge is 0.355 e. The lowest BCUT2D eigenvalue weighted by atomic mass is 10.1. The summed E-state index contributed by atoms with van der Waals surface area (Å²) in [4.78, 5) is 36.8. The number of rotatable bonds is 8. The first-order valence-electron chi connectivity index (χ1n) is 10.2. The van der Waals surface area contributed by atoms with Crippen LogP contribution >= 0.6 is 11.6 Å². The van der Waals surface area contributed by atoms with E-state index in [0.717, 1.165) is 16.5 Å². The summed E-state index contributed by atoms with van der Waals surface area (Å²) in [6.07, 6.45) is 1.51. The molecule has 164 valence electrons. The molecule has 0 aliphatic rings. The Morgan fingerprint density at radius 2 is 1.97 bits per heavy atom.